The summed E-state index contributed by atoms with van der Waals surface area (Å²) in [6, 6.07) is 12.0. The first-order valence-corrected chi connectivity index (χ1v) is 10.9. The molecule has 1 amide bonds. The second-order valence-electron chi connectivity index (χ2n) is 7.49. The number of nitrogens with zero attached hydrogens (tertiary/aromatic N) is 3. The van der Waals surface area contributed by atoms with Crippen molar-refractivity contribution >= 4 is 23.5 Å². The van der Waals surface area contributed by atoms with Gasteiger partial charge in [-0.15, -0.1) is 0 Å². The van der Waals surface area contributed by atoms with Crippen molar-refractivity contribution in [3.8, 4) is 0 Å². The third-order valence-electron chi connectivity index (χ3n) is 5.26. The summed E-state index contributed by atoms with van der Waals surface area (Å²) >= 11 is 0. The molecule has 2 heterocycles. The van der Waals surface area contributed by atoms with Crippen LogP contribution in [0.4, 0.5) is 5.69 Å². The Labute approximate surface area is 192 Å². The summed E-state index contributed by atoms with van der Waals surface area (Å²) in [5.74, 6) is -1.98. The summed E-state index contributed by atoms with van der Waals surface area (Å²) in [5, 5.41) is 6.24. The lowest BCUT2D eigenvalue weighted by Gasteiger charge is -2.42. The van der Waals surface area contributed by atoms with E-state index < -0.39 is 23.9 Å². The van der Waals surface area contributed by atoms with Gasteiger partial charge < -0.3 is 5.32 Å². The minimum absolute atomic E-state index is 0.0329. The molecule has 1 unspecified atom stereocenters. The lowest BCUT2D eigenvalue weighted by Crippen LogP contribution is -2.53. The van der Waals surface area contributed by atoms with Crippen LogP contribution in [0.5, 0.6) is 0 Å². The summed E-state index contributed by atoms with van der Waals surface area (Å²) in [4.78, 5) is 52.3. The molecule has 174 valence electrons. The van der Waals surface area contributed by atoms with Crippen molar-refractivity contribution in [2.45, 2.75) is 39.2 Å². The molecule has 0 aliphatic carbocycles. The molecule has 0 saturated heterocycles. The van der Waals surface area contributed by atoms with Gasteiger partial charge in [-0.3, -0.25) is 14.8 Å². The molecular formula is C24H28N4O5. The van der Waals surface area contributed by atoms with Crippen molar-refractivity contribution in [2.75, 3.05) is 18.9 Å². The van der Waals surface area contributed by atoms with E-state index in [2.05, 4.69) is 10.3 Å². The number of nitrogens with one attached hydrogen (secondary N) is 1. The lowest BCUT2D eigenvalue weighted by molar-refractivity contribution is -0.256. The molecule has 9 heteroatoms. The number of rotatable bonds is 8. The molecule has 33 heavy (non-hydrogen) atoms. The summed E-state index contributed by atoms with van der Waals surface area (Å²) in [5.41, 5.74) is 1.36. The van der Waals surface area contributed by atoms with Crippen molar-refractivity contribution in [3.63, 3.8) is 0 Å². The minimum Gasteiger partial charge on any atom is -0.349 e. The smallest absolute Gasteiger partial charge is 0.349 e. The maximum absolute atomic E-state index is 13.4. The van der Waals surface area contributed by atoms with Gasteiger partial charge in [0, 0.05) is 19.8 Å². The van der Waals surface area contributed by atoms with Gasteiger partial charge in [0.05, 0.1) is 29.9 Å². The third kappa shape index (κ3) is 5.56. The zero-order valence-corrected chi connectivity index (χ0v) is 19.0. The summed E-state index contributed by atoms with van der Waals surface area (Å²) in [7, 11) is 1.72. The Bertz CT molecular complexity index is 1010. The van der Waals surface area contributed by atoms with Crippen LogP contribution in [-0.4, -0.2) is 46.4 Å². The number of benzene rings is 1. The molecule has 0 saturated carbocycles. The fraction of sp³-hybridized carbons (Fsp3) is 0.333. The van der Waals surface area contributed by atoms with Gasteiger partial charge in [0.15, 0.2) is 0 Å². The highest BCUT2D eigenvalue weighted by Crippen LogP contribution is 2.36. The van der Waals surface area contributed by atoms with E-state index in [1.165, 1.54) is 5.01 Å². The maximum atomic E-state index is 13.4. The first-order valence-electron chi connectivity index (χ1n) is 10.9. The Morgan fingerprint density at radius 1 is 1.09 bits per heavy atom. The molecule has 3 rings (SSSR count). The molecule has 0 spiro atoms. The van der Waals surface area contributed by atoms with E-state index in [0.29, 0.717) is 18.7 Å². The Morgan fingerprint density at radius 3 is 2.48 bits per heavy atom. The zero-order chi connectivity index (χ0) is 23.8. The summed E-state index contributed by atoms with van der Waals surface area (Å²) in [6.07, 6.45) is 4.70. The van der Waals surface area contributed by atoms with Crippen molar-refractivity contribution in [2.24, 2.45) is 0 Å². The van der Waals surface area contributed by atoms with Crippen LogP contribution >= 0.6 is 0 Å². The molecule has 0 fully saturated rings. The highest BCUT2D eigenvalue weighted by molar-refractivity contribution is 6.06. The molecule has 1 N–H and O–H groups in total. The Balaban J connectivity index is 2.06. The first-order chi connectivity index (χ1) is 16.0. The predicted molar refractivity (Wildman–Crippen MR) is 121 cm³/mol. The van der Waals surface area contributed by atoms with Crippen LogP contribution in [0.3, 0.4) is 0 Å². The molecule has 1 aromatic carbocycles. The second-order valence-corrected chi connectivity index (χ2v) is 7.49. The number of unbranched alkanes of at least 4 members (excludes halogenated alkanes) is 1. The largest absolute Gasteiger partial charge is 0.386 e. The number of hydrazine groups is 1. The standard InChI is InChI=1S/C24H28N4O5/c1-4-6-14-19(29)32-33-24(31)20-21(26-18-13-10-15-25-16-18)23(30)28(5-2)27(3)22(20)17-11-8-7-9-12-17/h7-13,15-16,22,26H,4-6,14H2,1-3H3. The molecule has 1 aliphatic rings. The van der Waals surface area contributed by atoms with E-state index >= 15 is 0 Å². The van der Waals surface area contributed by atoms with Gasteiger partial charge in [-0.05, 0) is 31.0 Å². The highest BCUT2D eigenvalue weighted by atomic mass is 17.2. The molecule has 1 atom stereocenters. The topological polar surface area (TPSA) is 101 Å². The van der Waals surface area contributed by atoms with E-state index in [1.54, 1.807) is 36.6 Å². The molecule has 0 radical (unpaired) electrons. The van der Waals surface area contributed by atoms with E-state index in [-0.39, 0.29) is 17.7 Å². The van der Waals surface area contributed by atoms with Crippen LogP contribution in [0.2, 0.25) is 0 Å². The monoisotopic (exact) mass is 452 g/mol. The number of amides is 1. The van der Waals surface area contributed by atoms with Gasteiger partial charge in [-0.25, -0.2) is 24.4 Å². The molecule has 1 aliphatic heterocycles. The minimum atomic E-state index is -0.920. The van der Waals surface area contributed by atoms with Gasteiger partial charge in [-0.2, -0.15) is 0 Å². The number of anilines is 1. The van der Waals surface area contributed by atoms with Crippen molar-refractivity contribution in [1.82, 2.24) is 15.0 Å². The number of carbonyl (C=O) groups is 3. The van der Waals surface area contributed by atoms with Crippen LogP contribution in [0.15, 0.2) is 66.1 Å². The van der Waals surface area contributed by atoms with Crippen molar-refractivity contribution in [1.29, 1.82) is 0 Å². The van der Waals surface area contributed by atoms with Crippen LogP contribution < -0.4 is 5.32 Å². The summed E-state index contributed by atoms with van der Waals surface area (Å²) in [6.45, 7) is 4.16. The SMILES string of the molecule is CCCCC(=O)OOC(=O)C1=C(Nc2cccnc2)C(=O)N(CC)N(C)C1c1ccccc1. The second kappa shape index (κ2) is 11.2. The summed E-state index contributed by atoms with van der Waals surface area (Å²) < 4.78 is 0. The number of hydrogen-bond acceptors (Lipinski definition) is 8. The van der Waals surface area contributed by atoms with Crippen LogP contribution in [0.1, 0.15) is 44.7 Å². The number of aromatic nitrogens is 1. The van der Waals surface area contributed by atoms with Gasteiger partial charge in [0.2, 0.25) is 0 Å². The highest BCUT2D eigenvalue weighted by Gasteiger charge is 2.43. The van der Waals surface area contributed by atoms with E-state index in [1.807, 2.05) is 44.2 Å². The first kappa shape index (κ1) is 23.9. The Kier molecular flexibility index (Phi) is 8.15. The van der Waals surface area contributed by atoms with Crippen LogP contribution in [0.25, 0.3) is 0 Å². The normalized spacial score (nSPS) is 16.5. The van der Waals surface area contributed by atoms with Gasteiger partial charge in [0.25, 0.3) is 5.91 Å². The number of hydrogen-bond donors (Lipinski definition) is 1. The zero-order valence-electron chi connectivity index (χ0n) is 19.0. The fourth-order valence-electron chi connectivity index (χ4n) is 3.64. The van der Waals surface area contributed by atoms with Gasteiger partial charge in [-0.1, -0.05) is 43.7 Å². The van der Waals surface area contributed by atoms with Gasteiger partial charge >= 0.3 is 11.9 Å². The number of carbonyl (C=O) groups excluding carboxylic acids is 3. The predicted octanol–water partition coefficient (Wildman–Crippen LogP) is 3.39. The van der Waals surface area contributed by atoms with Crippen molar-refractivity contribution < 1.29 is 24.2 Å². The lowest BCUT2D eigenvalue weighted by atomic mass is 9.94. The Hall–Kier alpha value is -3.72. The molecule has 2 aromatic rings. The molecule has 0 bridgehead atoms. The van der Waals surface area contributed by atoms with Crippen LogP contribution in [-0.2, 0) is 24.2 Å². The fourth-order valence-corrected chi connectivity index (χ4v) is 3.64. The molecular weight excluding hydrogens is 424 g/mol. The molecule has 9 nitrogen and oxygen atoms in total. The third-order valence-corrected chi connectivity index (χ3v) is 5.26. The van der Waals surface area contributed by atoms with E-state index in [9.17, 15) is 14.4 Å². The van der Waals surface area contributed by atoms with Gasteiger partial charge in [0.1, 0.15) is 5.70 Å². The number of pyridine rings is 1. The average Bonchev–Trinajstić information content (AvgIpc) is 2.84. The quantitative estimate of drug-likeness (QED) is 0.481. The average molecular weight is 453 g/mol. The van der Waals surface area contributed by atoms with E-state index in [0.717, 1.165) is 12.0 Å². The van der Waals surface area contributed by atoms with Crippen LogP contribution in [0, 0.1) is 0 Å². The number of likely N-dealkylation sites (N-methyl/N-ethyl adjacent to an activating group) is 2. The van der Waals surface area contributed by atoms with Crippen molar-refractivity contribution in [3.05, 3.63) is 71.7 Å². The Morgan fingerprint density at radius 2 is 1.85 bits per heavy atom. The van der Waals surface area contributed by atoms with E-state index in [4.69, 9.17) is 9.78 Å². The molecule has 1 aromatic heterocycles. The maximum Gasteiger partial charge on any atom is 0.386 e.